The van der Waals surface area contributed by atoms with Gasteiger partial charge >= 0.3 is 0 Å². The summed E-state index contributed by atoms with van der Waals surface area (Å²) in [5.74, 6) is 2.06. The smallest absolute Gasteiger partial charge is 0.126 e. The molecule has 3 heteroatoms. The van der Waals surface area contributed by atoms with Crippen LogP contribution in [0.1, 0.15) is 17.2 Å². The van der Waals surface area contributed by atoms with Crippen LogP contribution in [0.3, 0.4) is 0 Å². The molecule has 2 nitrogen and oxygen atoms in total. The number of nitrogens with one attached hydrogen (secondary N) is 1. The van der Waals surface area contributed by atoms with Crippen LogP contribution in [0.2, 0.25) is 0 Å². The maximum Gasteiger partial charge on any atom is 0.126 e. The number of nitrogens with zero attached hydrogens (tertiary/aromatic N) is 1. The van der Waals surface area contributed by atoms with E-state index in [2.05, 4.69) is 11.2 Å². The quantitative estimate of drug-likeness (QED) is 0.760. The molecule has 76 valence electrons. The fraction of sp³-hybridized carbons (Fsp3) is 0.250. The zero-order valence-corrected chi connectivity index (χ0v) is 8.42. The number of hydrogen-bond acceptors (Lipinski definition) is 2. The lowest BCUT2D eigenvalue weighted by Crippen LogP contribution is -2.20. The van der Waals surface area contributed by atoms with Crippen molar-refractivity contribution in [3.05, 3.63) is 35.1 Å². The molecule has 0 aliphatic heterocycles. The maximum absolute atomic E-state index is 13.2. The Kier molecular flexibility index (Phi) is 3.85. The van der Waals surface area contributed by atoms with Crippen LogP contribution in [0.15, 0.2) is 18.2 Å². The van der Waals surface area contributed by atoms with Crippen LogP contribution in [0.4, 0.5) is 4.39 Å². The summed E-state index contributed by atoms with van der Waals surface area (Å²) in [7, 11) is 0. The second-order valence-corrected chi connectivity index (χ2v) is 3.16. The molecule has 1 N–H and O–H groups in total. The summed E-state index contributed by atoms with van der Waals surface area (Å²) in [6.45, 7) is 1.96. The van der Waals surface area contributed by atoms with Gasteiger partial charge in [-0.1, -0.05) is 18.1 Å². The van der Waals surface area contributed by atoms with Gasteiger partial charge in [0.1, 0.15) is 11.9 Å². The van der Waals surface area contributed by atoms with Crippen molar-refractivity contribution in [2.45, 2.75) is 13.0 Å². The highest BCUT2D eigenvalue weighted by atomic mass is 19.1. The number of rotatable bonds is 3. The molecule has 1 rings (SSSR count). The SMILES string of the molecule is C#CCNC(C#N)c1ccc(C)c(F)c1. The van der Waals surface area contributed by atoms with Crippen LogP contribution in [-0.4, -0.2) is 6.54 Å². The van der Waals surface area contributed by atoms with Gasteiger partial charge in [-0.25, -0.2) is 4.39 Å². The molecular weight excluding hydrogens is 191 g/mol. The molecular formula is C12H11FN2. The molecule has 0 spiro atoms. The molecule has 0 amide bonds. The Labute approximate surface area is 88.7 Å². The Bertz CT molecular complexity index is 426. The van der Waals surface area contributed by atoms with Crippen LogP contribution < -0.4 is 5.32 Å². The largest absolute Gasteiger partial charge is 0.287 e. The van der Waals surface area contributed by atoms with Crippen molar-refractivity contribution in [1.29, 1.82) is 5.26 Å². The monoisotopic (exact) mass is 202 g/mol. The minimum atomic E-state index is -0.559. The van der Waals surface area contributed by atoms with Crippen LogP contribution in [0.25, 0.3) is 0 Å². The number of hydrogen-bond donors (Lipinski definition) is 1. The number of nitriles is 1. The number of halogens is 1. The topological polar surface area (TPSA) is 35.8 Å². The summed E-state index contributed by atoms with van der Waals surface area (Å²) in [6.07, 6.45) is 5.07. The fourth-order valence-corrected chi connectivity index (χ4v) is 1.19. The van der Waals surface area contributed by atoms with E-state index in [4.69, 9.17) is 11.7 Å². The van der Waals surface area contributed by atoms with Gasteiger partial charge in [0, 0.05) is 0 Å². The Morgan fingerprint density at radius 3 is 2.87 bits per heavy atom. The molecule has 0 aliphatic carbocycles. The van der Waals surface area contributed by atoms with E-state index in [9.17, 15) is 4.39 Å². The summed E-state index contributed by atoms with van der Waals surface area (Å²) in [4.78, 5) is 0. The summed E-state index contributed by atoms with van der Waals surface area (Å²) < 4.78 is 13.2. The van der Waals surface area contributed by atoms with Crippen molar-refractivity contribution < 1.29 is 4.39 Å². The zero-order valence-electron chi connectivity index (χ0n) is 8.42. The average molecular weight is 202 g/mol. The first-order chi connectivity index (χ1) is 7.19. The maximum atomic E-state index is 13.2. The summed E-state index contributed by atoms with van der Waals surface area (Å²) in [5, 5.41) is 11.7. The normalized spacial score (nSPS) is 11.5. The third kappa shape index (κ3) is 2.80. The van der Waals surface area contributed by atoms with Gasteiger partial charge in [0.25, 0.3) is 0 Å². The van der Waals surface area contributed by atoms with Gasteiger partial charge in [0.2, 0.25) is 0 Å². The Morgan fingerprint density at radius 1 is 1.60 bits per heavy atom. The van der Waals surface area contributed by atoms with E-state index in [1.165, 1.54) is 6.07 Å². The highest BCUT2D eigenvalue weighted by Crippen LogP contribution is 2.15. The third-order valence-corrected chi connectivity index (χ3v) is 2.07. The molecule has 1 atom stereocenters. The Morgan fingerprint density at radius 2 is 2.33 bits per heavy atom. The van der Waals surface area contributed by atoms with E-state index in [1.54, 1.807) is 19.1 Å². The minimum absolute atomic E-state index is 0.285. The first kappa shape index (κ1) is 11.2. The standard InChI is InChI=1S/C12H11FN2/c1-3-6-15-12(8-14)10-5-4-9(2)11(13)7-10/h1,4-5,7,12,15H,6H2,2H3. The highest BCUT2D eigenvalue weighted by Gasteiger charge is 2.10. The van der Waals surface area contributed by atoms with Crippen molar-refractivity contribution in [2.24, 2.45) is 0 Å². The Balaban J connectivity index is 2.89. The van der Waals surface area contributed by atoms with Crippen molar-refractivity contribution >= 4 is 0 Å². The van der Waals surface area contributed by atoms with E-state index in [0.717, 1.165) is 0 Å². The molecule has 0 radical (unpaired) electrons. The predicted octanol–water partition coefficient (Wildman–Crippen LogP) is 1.92. The van der Waals surface area contributed by atoms with Gasteiger partial charge in [-0.2, -0.15) is 5.26 Å². The number of aryl methyl sites for hydroxylation is 1. The molecule has 1 aromatic carbocycles. The molecule has 1 aromatic rings. The molecule has 1 unspecified atom stereocenters. The minimum Gasteiger partial charge on any atom is -0.287 e. The summed E-state index contributed by atoms with van der Waals surface area (Å²) in [5.41, 5.74) is 1.16. The first-order valence-electron chi connectivity index (χ1n) is 4.51. The van der Waals surface area contributed by atoms with Gasteiger partial charge in [-0.3, -0.25) is 5.32 Å². The molecule has 0 heterocycles. The lowest BCUT2D eigenvalue weighted by molar-refractivity contribution is 0.609. The van der Waals surface area contributed by atoms with Crippen molar-refractivity contribution in [3.8, 4) is 18.4 Å². The van der Waals surface area contributed by atoms with Crippen molar-refractivity contribution in [1.82, 2.24) is 5.32 Å². The van der Waals surface area contributed by atoms with Crippen LogP contribution in [-0.2, 0) is 0 Å². The predicted molar refractivity (Wildman–Crippen MR) is 56.3 cm³/mol. The lowest BCUT2D eigenvalue weighted by Gasteiger charge is -2.10. The van der Waals surface area contributed by atoms with Gasteiger partial charge in [0.15, 0.2) is 0 Å². The summed E-state index contributed by atoms with van der Waals surface area (Å²) >= 11 is 0. The van der Waals surface area contributed by atoms with Crippen LogP contribution in [0, 0.1) is 36.4 Å². The highest BCUT2D eigenvalue weighted by molar-refractivity contribution is 5.29. The molecule has 15 heavy (non-hydrogen) atoms. The summed E-state index contributed by atoms with van der Waals surface area (Å²) in [6, 6.07) is 6.18. The van der Waals surface area contributed by atoms with Crippen molar-refractivity contribution in [3.63, 3.8) is 0 Å². The molecule has 0 saturated carbocycles. The second-order valence-electron chi connectivity index (χ2n) is 3.16. The average Bonchev–Trinajstić information content (AvgIpc) is 2.24. The van der Waals surface area contributed by atoms with Gasteiger partial charge < -0.3 is 0 Å². The molecule has 0 fully saturated rings. The first-order valence-corrected chi connectivity index (χ1v) is 4.51. The van der Waals surface area contributed by atoms with E-state index < -0.39 is 6.04 Å². The molecule has 0 aliphatic rings. The third-order valence-electron chi connectivity index (χ3n) is 2.07. The fourth-order valence-electron chi connectivity index (χ4n) is 1.19. The van der Waals surface area contributed by atoms with Gasteiger partial charge in [0.05, 0.1) is 12.6 Å². The second kappa shape index (κ2) is 5.14. The van der Waals surface area contributed by atoms with Gasteiger partial charge in [-0.05, 0) is 24.1 Å². The van der Waals surface area contributed by atoms with Crippen LogP contribution in [0.5, 0.6) is 0 Å². The zero-order chi connectivity index (χ0) is 11.3. The van der Waals surface area contributed by atoms with Gasteiger partial charge in [-0.15, -0.1) is 6.42 Å². The number of benzene rings is 1. The molecule has 0 saturated heterocycles. The van der Waals surface area contributed by atoms with E-state index in [1.807, 2.05) is 6.07 Å². The van der Waals surface area contributed by atoms with E-state index in [-0.39, 0.29) is 12.4 Å². The molecule has 0 aromatic heterocycles. The molecule has 0 bridgehead atoms. The van der Waals surface area contributed by atoms with E-state index in [0.29, 0.717) is 11.1 Å². The van der Waals surface area contributed by atoms with Crippen molar-refractivity contribution in [2.75, 3.05) is 6.54 Å². The van der Waals surface area contributed by atoms with E-state index >= 15 is 0 Å². The number of terminal acetylenes is 1. The Hall–Kier alpha value is -1.84. The van der Waals surface area contributed by atoms with Crippen LogP contribution >= 0.6 is 0 Å². The lowest BCUT2D eigenvalue weighted by atomic mass is 10.1.